The number of amides is 1. The first-order valence-corrected chi connectivity index (χ1v) is 8.99. The van der Waals surface area contributed by atoms with Crippen molar-refractivity contribution in [2.75, 3.05) is 18.1 Å². The molecule has 1 saturated carbocycles. The van der Waals surface area contributed by atoms with Gasteiger partial charge in [0, 0.05) is 34.8 Å². The van der Waals surface area contributed by atoms with Crippen LogP contribution in [0.3, 0.4) is 0 Å². The Morgan fingerprint density at radius 3 is 2.86 bits per heavy atom. The number of hydrogen-bond acceptors (Lipinski definition) is 3. The topological polar surface area (TPSA) is 62.5 Å². The molecule has 1 amide bonds. The molecule has 7 heteroatoms. The molecular formula is C14H17BrN2O3S. The predicted octanol–water partition coefficient (Wildman–Crippen LogP) is 2.62. The molecule has 0 radical (unpaired) electrons. The summed E-state index contributed by atoms with van der Waals surface area (Å²) in [5.74, 6) is 0.675. The molecule has 2 aliphatic rings. The Labute approximate surface area is 135 Å². The van der Waals surface area contributed by atoms with E-state index < -0.39 is 5.97 Å². The van der Waals surface area contributed by atoms with Crippen LogP contribution in [0.25, 0.3) is 0 Å². The Morgan fingerprint density at radius 1 is 1.43 bits per heavy atom. The van der Waals surface area contributed by atoms with E-state index in [1.54, 1.807) is 16.7 Å². The second-order valence-corrected chi connectivity index (χ2v) is 7.57. The largest absolute Gasteiger partial charge is 0.481 e. The number of carbonyl (C=O) groups is 2. The summed E-state index contributed by atoms with van der Waals surface area (Å²) in [7, 11) is 0. The van der Waals surface area contributed by atoms with Gasteiger partial charge in [-0.3, -0.25) is 9.59 Å². The van der Waals surface area contributed by atoms with Crippen molar-refractivity contribution >= 4 is 39.6 Å². The first-order valence-electron chi connectivity index (χ1n) is 7.04. The lowest BCUT2D eigenvalue weighted by atomic mass is 10.2. The van der Waals surface area contributed by atoms with E-state index in [9.17, 15) is 9.59 Å². The minimum atomic E-state index is -0.848. The highest BCUT2D eigenvalue weighted by Gasteiger charge is 2.33. The Bertz CT molecular complexity index is 571. The number of nitrogens with zero attached hydrogens (tertiary/aromatic N) is 2. The maximum Gasteiger partial charge on any atom is 0.305 e. The van der Waals surface area contributed by atoms with Crippen LogP contribution in [-0.2, 0) is 4.79 Å². The van der Waals surface area contributed by atoms with E-state index >= 15 is 0 Å². The minimum Gasteiger partial charge on any atom is -0.481 e. The van der Waals surface area contributed by atoms with E-state index in [0.717, 1.165) is 23.1 Å². The Hall–Kier alpha value is -0.950. The number of carboxylic acid groups (broad SMARTS) is 1. The van der Waals surface area contributed by atoms with Crippen LogP contribution in [0.2, 0.25) is 0 Å². The number of aliphatic carboxylic acids is 1. The first kappa shape index (κ1) is 15.0. The fourth-order valence-electron chi connectivity index (χ4n) is 2.71. The predicted molar refractivity (Wildman–Crippen MR) is 84.8 cm³/mol. The molecule has 1 atom stereocenters. The molecule has 5 nitrogen and oxygen atoms in total. The summed E-state index contributed by atoms with van der Waals surface area (Å²) >= 11 is 5.15. The molecule has 2 heterocycles. The van der Waals surface area contributed by atoms with Crippen LogP contribution in [0, 0.1) is 0 Å². The number of carboxylic acids is 1. The van der Waals surface area contributed by atoms with Crippen LogP contribution in [0.5, 0.6) is 0 Å². The molecule has 1 saturated heterocycles. The van der Waals surface area contributed by atoms with Crippen LogP contribution < -0.4 is 0 Å². The highest BCUT2D eigenvalue weighted by atomic mass is 79.9. The molecule has 3 rings (SSSR count). The summed E-state index contributed by atoms with van der Waals surface area (Å²) in [4.78, 5) is 25.6. The van der Waals surface area contributed by atoms with E-state index in [2.05, 4.69) is 15.9 Å². The second kappa shape index (κ2) is 6.04. The zero-order valence-electron chi connectivity index (χ0n) is 11.5. The third kappa shape index (κ3) is 3.29. The van der Waals surface area contributed by atoms with Gasteiger partial charge in [-0.15, -0.1) is 0 Å². The number of aromatic nitrogens is 1. The standard InChI is InChI=1S/C14H17BrN2O3S/c15-9-5-12(17(7-9)10-1-2-10)14(20)16-3-4-21-8-11(16)6-13(18)19/h5,7,10-11H,1-4,6,8H2,(H,18,19). The molecular weight excluding hydrogens is 356 g/mol. The molecule has 1 aromatic heterocycles. The molecule has 21 heavy (non-hydrogen) atoms. The van der Waals surface area contributed by atoms with E-state index in [-0.39, 0.29) is 18.4 Å². The van der Waals surface area contributed by atoms with E-state index in [1.807, 2.05) is 16.8 Å². The third-order valence-corrected chi connectivity index (χ3v) is 5.40. The highest BCUT2D eigenvalue weighted by molar-refractivity contribution is 9.10. The van der Waals surface area contributed by atoms with E-state index in [4.69, 9.17) is 5.11 Å². The summed E-state index contributed by atoms with van der Waals surface area (Å²) in [6.45, 7) is 0.620. The van der Waals surface area contributed by atoms with Gasteiger partial charge in [-0.2, -0.15) is 11.8 Å². The van der Waals surface area contributed by atoms with Crippen molar-refractivity contribution in [2.24, 2.45) is 0 Å². The SMILES string of the molecule is O=C(O)CC1CSCCN1C(=O)c1cc(Br)cn1C1CC1. The first-order chi connectivity index (χ1) is 10.1. The molecule has 2 fully saturated rings. The molecule has 1 unspecified atom stereocenters. The van der Waals surface area contributed by atoms with Crippen molar-refractivity contribution in [1.29, 1.82) is 0 Å². The fourth-order valence-corrected chi connectivity index (χ4v) is 4.21. The van der Waals surface area contributed by atoms with Crippen molar-refractivity contribution in [3.8, 4) is 0 Å². The lowest BCUT2D eigenvalue weighted by Gasteiger charge is -2.34. The summed E-state index contributed by atoms with van der Waals surface area (Å²) in [6.07, 6.45) is 4.19. The van der Waals surface area contributed by atoms with Gasteiger partial charge in [0.2, 0.25) is 0 Å². The number of halogens is 1. The van der Waals surface area contributed by atoms with Gasteiger partial charge >= 0.3 is 5.97 Å². The molecule has 1 aliphatic heterocycles. The maximum atomic E-state index is 12.8. The van der Waals surface area contributed by atoms with Crippen molar-refractivity contribution in [3.63, 3.8) is 0 Å². The smallest absolute Gasteiger partial charge is 0.305 e. The fraction of sp³-hybridized carbons (Fsp3) is 0.571. The molecule has 0 spiro atoms. The lowest BCUT2D eigenvalue weighted by Crippen LogP contribution is -2.47. The summed E-state index contributed by atoms with van der Waals surface area (Å²) < 4.78 is 2.94. The minimum absolute atomic E-state index is 0.0179. The number of rotatable bonds is 4. The summed E-state index contributed by atoms with van der Waals surface area (Å²) in [5.41, 5.74) is 0.673. The average molecular weight is 373 g/mol. The van der Waals surface area contributed by atoms with Gasteiger partial charge in [0.1, 0.15) is 5.69 Å². The zero-order valence-corrected chi connectivity index (χ0v) is 13.9. The second-order valence-electron chi connectivity index (χ2n) is 5.51. The van der Waals surface area contributed by atoms with Gasteiger partial charge < -0.3 is 14.6 Å². The molecule has 114 valence electrons. The van der Waals surface area contributed by atoms with E-state index in [1.165, 1.54) is 0 Å². The highest BCUT2D eigenvalue weighted by Crippen LogP contribution is 2.38. The maximum absolute atomic E-state index is 12.8. The summed E-state index contributed by atoms with van der Waals surface area (Å²) in [6, 6.07) is 2.06. The third-order valence-electron chi connectivity index (χ3n) is 3.87. The number of carbonyl (C=O) groups excluding carboxylic acids is 1. The Balaban J connectivity index is 1.83. The van der Waals surface area contributed by atoms with Gasteiger partial charge in [0.05, 0.1) is 12.5 Å². The molecule has 0 aromatic carbocycles. The molecule has 1 N–H and O–H groups in total. The number of thioether (sulfide) groups is 1. The van der Waals surface area contributed by atoms with Crippen LogP contribution in [0.1, 0.15) is 35.8 Å². The van der Waals surface area contributed by atoms with Crippen molar-refractivity contribution in [1.82, 2.24) is 9.47 Å². The van der Waals surface area contributed by atoms with Crippen molar-refractivity contribution in [2.45, 2.75) is 31.3 Å². The molecule has 1 aromatic rings. The zero-order chi connectivity index (χ0) is 15.0. The van der Waals surface area contributed by atoms with Crippen LogP contribution in [0.4, 0.5) is 0 Å². The Morgan fingerprint density at radius 2 is 2.19 bits per heavy atom. The summed E-state index contributed by atoms with van der Waals surface area (Å²) in [5, 5.41) is 9.03. The van der Waals surface area contributed by atoms with Crippen LogP contribution in [0.15, 0.2) is 16.7 Å². The molecule has 1 aliphatic carbocycles. The van der Waals surface area contributed by atoms with Gasteiger partial charge in [0.15, 0.2) is 0 Å². The van der Waals surface area contributed by atoms with E-state index in [0.29, 0.717) is 24.0 Å². The number of hydrogen-bond donors (Lipinski definition) is 1. The van der Waals surface area contributed by atoms with Crippen LogP contribution >= 0.6 is 27.7 Å². The lowest BCUT2D eigenvalue weighted by molar-refractivity contribution is -0.138. The monoisotopic (exact) mass is 372 g/mol. The van der Waals surface area contributed by atoms with Crippen LogP contribution in [-0.4, -0.2) is 50.5 Å². The van der Waals surface area contributed by atoms with Gasteiger partial charge in [-0.05, 0) is 34.8 Å². The quantitative estimate of drug-likeness (QED) is 0.882. The normalized spacial score (nSPS) is 22.3. The average Bonchev–Trinajstić information content (AvgIpc) is 3.21. The Kier molecular flexibility index (Phi) is 4.31. The van der Waals surface area contributed by atoms with Gasteiger partial charge in [0.25, 0.3) is 5.91 Å². The molecule has 0 bridgehead atoms. The van der Waals surface area contributed by atoms with Gasteiger partial charge in [-0.1, -0.05) is 0 Å². The van der Waals surface area contributed by atoms with Gasteiger partial charge in [-0.25, -0.2) is 0 Å². The van der Waals surface area contributed by atoms with Crippen molar-refractivity contribution < 1.29 is 14.7 Å². The van der Waals surface area contributed by atoms with Crippen molar-refractivity contribution in [3.05, 3.63) is 22.4 Å².